The van der Waals surface area contributed by atoms with Crippen molar-refractivity contribution in [2.24, 2.45) is 11.8 Å². The Morgan fingerprint density at radius 1 is 1.13 bits per heavy atom. The van der Waals surface area contributed by atoms with Gasteiger partial charge < -0.3 is 25.6 Å². The number of nitrogens with zero attached hydrogens (tertiary/aromatic N) is 2. The Morgan fingerprint density at radius 2 is 1.90 bits per heavy atom. The van der Waals surface area contributed by atoms with E-state index in [0.717, 1.165) is 35.0 Å². The summed E-state index contributed by atoms with van der Waals surface area (Å²) < 4.78 is 33.1. The van der Waals surface area contributed by atoms with E-state index in [1.807, 2.05) is 43.3 Å². The van der Waals surface area contributed by atoms with Crippen molar-refractivity contribution < 1.29 is 32.3 Å². The van der Waals surface area contributed by atoms with Crippen molar-refractivity contribution in [2.45, 2.75) is 111 Å². The third-order valence-electron chi connectivity index (χ3n) is 11.5. The molecule has 0 bridgehead atoms. The number of aromatic nitrogens is 1. The van der Waals surface area contributed by atoms with Gasteiger partial charge in [0.1, 0.15) is 27.0 Å². The molecular weight excluding hydrogens is 799 g/mol. The standard InChI is InChI=1S/C37H47IN6O7S/c1-4-39-34(48)41-27-15-9-7-5-6-8-13-25-29(32(46)43-52(49,50)35(3)18-19-35)37(25,38)42-31(45)28-20-36(21-44(28)33(27)47)17-16-24-23-12-10-11-14-26(23)40-22(2)30(24)51-36/h8,10-14,25,27-29H,4-7,9,15-21H2,1-3H3,(H,42,45)(H,43,46)(H2,39,41,48)/b13-8-/t25-,27+,28+,29?,36-,37-/m1/s1. The molecule has 1 aromatic heterocycles. The number of allylic oxidation sites excluding steroid dienone is 1. The Balaban J connectivity index is 1.21. The summed E-state index contributed by atoms with van der Waals surface area (Å²) >= 11 is 2.06. The number of rotatable bonds is 5. The summed E-state index contributed by atoms with van der Waals surface area (Å²) in [5, 5.41) is 9.69. The van der Waals surface area contributed by atoms with Gasteiger partial charge in [-0.05, 0) is 71.8 Å². The molecule has 3 aliphatic heterocycles. The smallest absolute Gasteiger partial charge is 0.315 e. The minimum Gasteiger partial charge on any atom is -0.483 e. The molecule has 1 saturated heterocycles. The van der Waals surface area contributed by atoms with Gasteiger partial charge in [0, 0.05) is 29.8 Å². The molecule has 2 saturated carbocycles. The number of fused-ring (bicyclic) bond motifs is 5. The number of aryl methyl sites for hydroxylation is 2. The normalized spacial score (nSPS) is 31.8. The number of ether oxygens (including phenoxy) is 1. The van der Waals surface area contributed by atoms with Crippen LogP contribution in [-0.2, 0) is 30.8 Å². The van der Waals surface area contributed by atoms with E-state index in [4.69, 9.17) is 9.72 Å². The number of halogens is 1. The van der Waals surface area contributed by atoms with Gasteiger partial charge in [-0.3, -0.25) is 19.1 Å². The van der Waals surface area contributed by atoms with Gasteiger partial charge in [-0.15, -0.1) is 0 Å². The van der Waals surface area contributed by atoms with Crippen LogP contribution in [0, 0.1) is 18.8 Å². The van der Waals surface area contributed by atoms with Crippen molar-refractivity contribution in [1.29, 1.82) is 0 Å². The predicted molar refractivity (Wildman–Crippen MR) is 203 cm³/mol. The van der Waals surface area contributed by atoms with Crippen LogP contribution in [0.15, 0.2) is 36.4 Å². The van der Waals surface area contributed by atoms with Crippen LogP contribution in [0.3, 0.4) is 0 Å². The van der Waals surface area contributed by atoms with Crippen LogP contribution >= 0.6 is 22.6 Å². The lowest BCUT2D eigenvalue weighted by Gasteiger charge is -2.36. The lowest BCUT2D eigenvalue weighted by Crippen LogP contribution is -2.56. The van der Waals surface area contributed by atoms with Gasteiger partial charge >= 0.3 is 6.03 Å². The largest absolute Gasteiger partial charge is 0.483 e. The maximum atomic E-state index is 14.6. The first-order valence-electron chi connectivity index (χ1n) is 18.4. The highest BCUT2D eigenvalue weighted by atomic mass is 127. The van der Waals surface area contributed by atoms with Gasteiger partial charge in [0.2, 0.25) is 27.7 Å². The number of nitrogens with one attached hydrogen (secondary N) is 4. The molecular formula is C37H47IN6O7S. The molecule has 1 aromatic carbocycles. The molecule has 7 rings (SSSR count). The fourth-order valence-electron chi connectivity index (χ4n) is 8.11. The van der Waals surface area contributed by atoms with Crippen molar-refractivity contribution in [2.75, 3.05) is 13.1 Å². The van der Waals surface area contributed by atoms with Crippen LogP contribution in [0.2, 0.25) is 0 Å². The highest BCUT2D eigenvalue weighted by Gasteiger charge is 2.68. The van der Waals surface area contributed by atoms with E-state index >= 15 is 0 Å². The second-order valence-corrected chi connectivity index (χ2v) is 19.3. The maximum absolute atomic E-state index is 14.6. The third kappa shape index (κ3) is 6.75. The summed E-state index contributed by atoms with van der Waals surface area (Å²) in [4.78, 5) is 61.8. The molecule has 1 spiro atoms. The summed E-state index contributed by atoms with van der Waals surface area (Å²) in [7, 11) is -3.89. The number of para-hydroxylation sites is 1. The number of urea groups is 1. The highest BCUT2D eigenvalue weighted by Crippen LogP contribution is 2.57. The lowest BCUT2D eigenvalue weighted by atomic mass is 9.87. The van der Waals surface area contributed by atoms with E-state index in [2.05, 4.69) is 43.3 Å². The Hall–Kier alpha value is -3.47. The van der Waals surface area contributed by atoms with Crippen molar-refractivity contribution in [1.82, 2.24) is 30.6 Å². The number of benzene rings is 1. The molecule has 13 nitrogen and oxygen atoms in total. The van der Waals surface area contributed by atoms with Crippen LogP contribution in [-0.4, -0.2) is 81.1 Å². The third-order valence-corrected chi connectivity index (χ3v) is 15.4. The van der Waals surface area contributed by atoms with Gasteiger partial charge in [-0.1, -0.05) is 65.8 Å². The minimum atomic E-state index is -3.89. The van der Waals surface area contributed by atoms with Gasteiger partial charge in [-0.25, -0.2) is 18.2 Å². The summed E-state index contributed by atoms with van der Waals surface area (Å²) in [6.07, 6.45) is 9.68. The topological polar surface area (TPSA) is 176 Å². The first-order valence-corrected chi connectivity index (χ1v) is 20.9. The number of alkyl halides is 1. The van der Waals surface area contributed by atoms with E-state index in [1.165, 1.54) is 0 Å². The SMILES string of the molecule is CCNC(=O)N[C@H]1CCCCC/C=C\[C@@H]2C(C(=O)NS(=O)(=O)C3(C)CC3)[C@]2(I)NC(=O)[C@@H]2C[C@]3(CCc4c(c(C)nc5ccccc45)O3)CN2C1=O. The van der Waals surface area contributed by atoms with Crippen LogP contribution in [0.4, 0.5) is 4.79 Å². The lowest BCUT2D eigenvalue weighted by molar-refractivity contribution is -0.140. The van der Waals surface area contributed by atoms with Crippen molar-refractivity contribution in [3.63, 3.8) is 0 Å². The van der Waals surface area contributed by atoms with E-state index < -0.39 is 65.7 Å². The molecule has 280 valence electrons. The van der Waals surface area contributed by atoms with Crippen molar-refractivity contribution in [3.8, 4) is 5.75 Å². The summed E-state index contributed by atoms with van der Waals surface area (Å²) in [6.45, 7) is 5.84. The van der Waals surface area contributed by atoms with E-state index in [0.29, 0.717) is 57.2 Å². The second-order valence-electron chi connectivity index (χ2n) is 15.3. The summed E-state index contributed by atoms with van der Waals surface area (Å²) in [5.74, 6) is -2.09. The fourth-order valence-corrected chi connectivity index (χ4v) is 10.7. The Bertz CT molecular complexity index is 1950. The number of carbonyl (C=O) groups excluding carboxylic acids is 4. The second kappa shape index (κ2) is 13.7. The van der Waals surface area contributed by atoms with Gasteiger partial charge in [-0.2, -0.15) is 0 Å². The van der Waals surface area contributed by atoms with Crippen LogP contribution in [0.5, 0.6) is 5.75 Å². The maximum Gasteiger partial charge on any atom is 0.315 e. The van der Waals surface area contributed by atoms with Crippen molar-refractivity contribution >= 4 is 67.3 Å². The zero-order valence-electron chi connectivity index (χ0n) is 29.8. The molecule has 2 aliphatic carbocycles. The molecule has 4 N–H and O–H groups in total. The fraction of sp³-hybridized carbons (Fsp3) is 0.595. The van der Waals surface area contributed by atoms with E-state index in [1.54, 1.807) is 18.7 Å². The van der Waals surface area contributed by atoms with E-state index in [-0.39, 0.29) is 18.9 Å². The van der Waals surface area contributed by atoms with Gasteiger partial charge in [0.25, 0.3) is 0 Å². The average Bonchev–Trinajstić information content (AvgIpc) is 3.94. The van der Waals surface area contributed by atoms with E-state index in [9.17, 15) is 27.6 Å². The van der Waals surface area contributed by atoms with Gasteiger partial charge in [0.15, 0.2) is 0 Å². The molecule has 2 aromatic rings. The first kappa shape index (κ1) is 36.9. The molecule has 5 amide bonds. The average molecular weight is 847 g/mol. The van der Waals surface area contributed by atoms with Crippen molar-refractivity contribution in [3.05, 3.63) is 47.7 Å². The number of carbonyl (C=O) groups is 4. The molecule has 3 fully saturated rings. The molecule has 5 aliphatic rings. The Morgan fingerprint density at radius 3 is 2.65 bits per heavy atom. The quantitative estimate of drug-likeness (QED) is 0.152. The molecule has 1 unspecified atom stereocenters. The summed E-state index contributed by atoms with van der Waals surface area (Å²) in [5.41, 5.74) is 1.76. The molecule has 52 heavy (non-hydrogen) atoms. The zero-order chi connectivity index (χ0) is 37.1. The number of pyridine rings is 1. The Labute approximate surface area is 318 Å². The number of sulfonamides is 1. The highest BCUT2D eigenvalue weighted by molar-refractivity contribution is 14.1. The molecule has 0 radical (unpaired) electrons. The number of hydrogen-bond acceptors (Lipinski definition) is 8. The number of hydrogen-bond donors (Lipinski definition) is 4. The Kier molecular flexibility index (Phi) is 9.74. The minimum absolute atomic E-state index is 0.127. The van der Waals surface area contributed by atoms with Crippen LogP contribution < -0.4 is 25.4 Å². The van der Waals surface area contributed by atoms with Crippen LogP contribution in [0.25, 0.3) is 10.9 Å². The summed E-state index contributed by atoms with van der Waals surface area (Å²) in [6, 6.07) is 5.62. The monoisotopic (exact) mass is 846 g/mol. The number of amides is 5. The van der Waals surface area contributed by atoms with Gasteiger partial charge in [0.05, 0.1) is 28.4 Å². The first-order chi connectivity index (χ1) is 24.7. The van der Waals surface area contributed by atoms with Crippen LogP contribution in [0.1, 0.15) is 82.9 Å². The molecule has 6 atom stereocenters. The molecule has 4 heterocycles. The predicted octanol–water partition coefficient (Wildman–Crippen LogP) is 3.91. The molecule has 15 heteroatoms. The zero-order valence-corrected chi connectivity index (χ0v) is 32.8.